The number of methoxy groups -OCH3 is 1. The van der Waals surface area contributed by atoms with Crippen molar-refractivity contribution in [1.29, 1.82) is 0 Å². The number of amides is 3. The molecule has 1 unspecified atom stereocenters. The fourth-order valence-corrected chi connectivity index (χ4v) is 2.20. The lowest BCUT2D eigenvalue weighted by molar-refractivity contribution is -0.123. The fraction of sp³-hybridized carbons (Fsp3) is 0.316. The van der Waals surface area contributed by atoms with Crippen molar-refractivity contribution in [2.75, 3.05) is 7.11 Å². The molecule has 3 N–H and O–H groups in total. The molecule has 0 bridgehead atoms. The third-order valence-corrected chi connectivity index (χ3v) is 3.57. The third-order valence-electron chi connectivity index (χ3n) is 3.57. The van der Waals surface area contributed by atoms with E-state index in [0.717, 1.165) is 0 Å². The normalized spacial score (nSPS) is 11.5. The predicted octanol–water partition coefficient (Wildman–Crippen LogP) is 1.65. The Morgan fingerprint density at radius 1 is 1.00 bits per heavy atom. The van der Waals surface area contributed by atoms with Crippen LogP contribution in [0.4, 0.5) is 0 Å². The molecule has 28 heavy (non-hydrogen) atoms. The number of furan rings is 1. The standard InChI is InChI=1S/C19H23N3O6/c1-11(2)28-14-8-7-13(10-16(14)26-4)18(24)22-21-17(23)12(3)20-19(25)15-6-5-9-27-15/h5-12H,1-4H3,(H,20,25)(H,21,23)(H,22,24). The molecule has 1 aromatic heterocycles. The summed E-state index contributed by atoms with van der Waals surface area (Å²) >= 11 is 0. The van der Waals surface area contributed by atoms with Crippen LogP contribution in [0, 0.1) is 0 Å². The van der Waals surface area contributed by atoms with E-state index in [1.807, 2.05) is 13.8 Å². The molecule has 150 valence electrons. The van der Waals surface area contributed by atoms with E-state index in [4.69, 9.17) is 13.9 Å². The summed E-state index contributed by atoms with van der Waals surface area (Å²) in [5.41, 5.74) is 4.81. The van der Waals surface area contributed by atoms with Crippen LogP contribution < -0.4 is 25.6 Å². The van der Waals surface area contributed by atoms with Gasteiger partial charge in [-0.3, -0.25) is 25.2 Å². The number of hydrogen-bond donors (Lipinski definition) is 3. The minimum absolute atomic E-state index is 0.0502. The summed E-state index contributed by atoms with van der Waals surface area (Å²) < 4.78 is 15.8. The number of hydrogen-bond acceptors (Lipinski definition) is 6. The van der Waals surface area contributed by atoms with E-state index < -0.39 is 23.8 Å². The Morgan fingerprint density at radius 2 is 1.75 bits per heavy atom. The summed E-state index contributed by atoms with van der Waals surface area (Å²) in [6, 6.07) is 6.80. The molecule has 0 aliphatic rings. The Morgan fingerprint density at radius 3 is 2.36 bits per heavy atom. The van der Waals surface area contributed by atoms with Gasteiger partial charge in [0.05, 0.1) is 19.5 Å². The Kier molecular flexibility index (Phi) is 7.02. The third kappa shape index (κ3) is 5.50. The monoisotopic (exact) mass is 389 g/mol. The molecule has 0 saturated heterocycles. The van der Waals surface area contributed by atoms with E-state index in [-0.39, 0.29) is 17.4 Å². The molecule has 0 radical (unpaired) electrons. The van der Waals surface area contributed by atoms with E-state index in [9.17, 15) is 14.4 Å². The summed E-state index contributed by atoms with van der Waals surface area (Å²) in [6.45, 7) is 5.23. The molecule has 0 saturated carbocycles. The van der Waals surface area contributed by atoms with Crippen molar-refractivity contribution in [3.63, 3.8) is 0 Å². The number of carbonyl (C=O) groups is 3. The van der Waals surface area contributed by atoms with Gasteiger partial charge in [-0.1, -0.05) is 0 Å². The van der Waals surface area contributed by atoms with E-state index in [2.05, 4.69) is 16.2 Å². The number of carbonyl (C=O) groups excluding carboxylic acids is 3. The molecule has 9 nitrogen and oxygen atoms in total. The van der Waals surface area contributed by atoms with Crippen LogP contribution in [0.2, 0.25) is 0 Å². The smallest absolute Gasteiger partial charge is 0.287 e. The summed E-state index contributed by atoms with van der Waals surface area (Å²) in [4.78, 5) is 36.2. The van der Waals surface area contributed by atoms with Gasteiger partial charge in [-0.15, -0.1) is 0 Å². The quantitative estimate of drug-likeness (QED) is 0.620. The van der Waals surface area contributed by atoms with Crippen LogP contribution in [-0.2, 0) is 4.79 Å². The first-order chi connectivity index (χ1) is 13.3. The summed E-state index contributed by atoms with van der Waals surface area (Å²) in [7, 11) is 1.47. The van der Waals surface area contributed by atoms with Crippen molar-refractivity contribution in [2.24, 2.45) is 0 Å². The SMILES string of the molecule is COc1cc(C(=O)NNC(=O)C(C)NC(=O)c2ccco2)ccc1OC(C)C. The first kappa shape index (κ1) is 20.8. The first-order valence-corrected chi connectivity index (χ1v) is 8.61. The lowest BCUT2D eigenvalue weighted by atomic mass is 10.2. The summed E-state index contributed by atoms with van der Waals surface area (Å²) in [6.07, 6.45) is 1.30. The molecule has 1 aromatic carbocycles. The van der Waals surface area contributed by atoms with Crippen LogP contribution in [0.15, 0.2) is 41.0 Å². The van der Waals surface area contributed by atoms with Crippen molar-refractivity contribution in [1.82, 2.24) is 16.2 Å². The molecule has 0 aliphatic carbocycles. The zero-order valence-electron chi connectivity index (χ0n) is 16.1. The highest BCUT2D eigenvalue weighted by Gasteiger charge is 2.19. The van der Waals surface area contributed by atoms with Crippen molar-refractivity contribution in [2.45, 2.75) is 32.9 Å². The van der Waals surface area contributed by atoms with Gasteiger partial charge in [0.1, 0.15) is 6.04 Å². The lowest BCUT2D eigenvalue weighted by Gasteiger charge is -2.16. The molecule has 0 fully saturated rings. The molecule has 1 atom stereocenters. The van der Waals surface area contributed by atoms with Crippen LogP contribution >= 0.6 is 0 Å². The van der Waals surface area contributed by atoms with Gasteiger partial charge in [0.15, 0.2) is 17.3 Å². The second-order valence-corrected chi connectivity index (χ2v) is 6.15. The second-order valence-electron chi connectivity index (χ2n) is 6.15. The number of ether oxygens (including phenoxy) is 2. The summed E-state index contributed by atoms with van der Waals surface area (Å²) in [5.74, 6) is -0.699. The topological polar surface area (TPSA) is 119 Å². The van der Waals surface area contributed by atoms with Crippen molar-refractivity contribution in [3.8, 4) is 11.5 Å². The molecule has 0 spiro atoms. The van der Waals surface area contributed by atoms with Crippen molar-refractivity contribution >= 4 is 17.7 Å². The second kappa shape index (κ2) is 9.45. The zero-order valence-corrected chi connectivity index (χ0v) is 16.1. The maximum Gasteiger partial charge on any atom is 0.287 e. The molecule has 2 aromatic rings. The van der Waals surface area contributed by atoms with E-state index in [1.165, 1.54) is 32.4 Å². The highest BCUT2D eigenvalue weighted by molar-refractivity contribution is 5.98. The maximum absolute atomic E-state index is 12.3. The van der Waals surface area contributed by atoms with Crippen LogP contribution in [0.25, 0.3) is 0 Å². The summed E-state index contributed by atoms with van der Waals surface area (Å²) in [5, 5.41) is 2.46. The molecule has 3 amide bonds. The van der Waals surface area contributed by atoms with Gasteiger partial charge in [-0.2, -0.15) is 0 Å². The highest BCUT2D eigenvalue weighted by atomic mass is 16.5. The van der Waals surface area contributed by atoms with Crippen LogP contribution in [0.3, 0.4) is 0 Å². The largest absolute Gasteiger partial charge is 0.493 e. The Bertz CT molecular complexity index is 832. The van der Waals surface area contributed by atoms with Crippen LogP contribution in [0.5, 0.6) is 11.5 Å². The number of benzene rings is 1. The molecular weight excluding hydrogens is 366 g/mol. The van der Waals surface area contributed by atoms with Crippen molar-refractivity contribution < 1.29 is 28.3 Å². The van der Waals surface area contributed by atoms with E-state index in [1.54, 1.807) is 18.2 Å². The maximum atomic E-state index is 12.3. The number of rotatable bonds is 7. The van der Waals surface area contributed by atoms with E-state index >= 15 is 0 Å². The minimum Gasteiger partial charge on any atom is -0.493 e. The molecule has 2 rings (SSSR count). The average molecular weight is 389 g/mol. The highest BCUT2D eigenvalue weighted by Crippen LogP contribution is 2.28. The number of hydrazine groups is 1. The fourth-order valence-electron chi connectivity index (χ4n) is 2.20. The minimum atomic E-state index is -0.894. The predicted molar refractivity (Wildman–Crippen MR) is 100 cm³/mol. The van der Waals surface area contributed by atoms with Crippen molar-refractivity contribution in [3.05, 3.63) is 47.9 Å². The molecular formula is C19H23N3O6. The van der Waals surface area contributed by atoms with E-state index in [0.29, 0.717) is 11.5 Å². The van der Waals surface area contributed by atoms with Gasteiger partial charge in [0.2, 0.25) is 0 Å². The lowest BCUT2D eigenvalue weighted by Crippen LogP contribution is -2.51. The average Bonchev–Trinajstić information content (AvgIpc) is 3.20. The molecule has 1 heterocycles. The first-order valence-electron chi connectivity index (χ1n) is 8.61. The Balaban J connectivity index is 1.92. The Labute approximate surface area is 162 Å². The zero-order chi connectivity index (χ0) is 20.7. The van der Waals surface area contributed by atoms with Gasteiger partial charge in [0, 0.05) is 5.56 Å². The van der Waals surface area contributed by atoms with Gasteiger partial charge in [-0.25, -0.2) is 0 Å². The van der Waals surface area contributed by atoms with Crippen LogP contribution in [-0.4, -0.2) is 37.0 Å². The molecule has 0 aliphatic heterocycles. The van der Waals surface area contributed by atoms with Gasteiger partial charge < -0.3 is 19.2 Å². The van der Waals surface area contributed by atoms with Gasteiger partial charge in [0.25, 0.3) is 17.7 Å². The van der Waals surface area contributed by atoms with Gasteiger partial charge in [-0.05, 0) is 51.1 Å². The van der Waals surface area contributed by atoms with Crippen LogP contribution in [0.1, 0.15) is 41.7 Å². The molecule has 9 heteroatoms. The number of nitrogens with one attached hydrogen (secondary N) is 3. The van der Waals surface area contributed by atoms with Gasteiger partial charge >= 0.3 is 0 Å². The Hall–Kier alpha value is -3.49.